The molecular formula is C18H32N4O. The van der Waals surface area contributed by atoms with Crippen LogP contribution in [0.1, 0.15) is 72.0 Å². The van der Waals surface area contributed by atoms with Gasteiger partial charge >= 0.3 is 0 Å². The molecule has 1 aliphatic rings. The van der Waals surface area contributed by atoms with Crippen molar-refractivity contribution in [1.82, 2.24) is 15.6 Å². The lowest BCUT2D eigenvalue weighted by atomic mass is 9.75. The van der Waals surface area contributed by atoms with E-state index in [9.17, 15) is 0 Å². The van der Waals surface area contributed by atoms with Crippen LogP contribution >= 0.6 is 0 Å². The first kappa shape index (κ1) is 17.8. The van der Waals surface area contributed by atoms with E-state index in [0.29, 0.717) is 23.9 Å². The Balaban J connectivity index is 1.83. The van der Waals surface area contributed by atoms with Crippen molar-refractivity contribution in [2.75, 3.05) is 7.05 Å². The summed E-state index contributed by atoms with van der Waals surface area (Å²) in [7, 11) is 1.80. The van der Waals surface area contributed by atoms with Crippen LogP contribution in [-0.4, -0.2) is 24.0 Å². The largest absolute Gasteiger partial charge is 0.443 e. The second-order valence-corrected chi connectivity index (χ2v) is 8.38. The van der Waals surface area contributed by atoms with Gasteiger partial charge in [-0.25, -0.2) is 4.98 Å². The third kappa shape index (κ3) is 5.26. The number of nitrogens with one attached hydrogen (secondary N) is 2. The van der Waals surface area contributed by atoms with E-state index in [1.807, 2.05) is 6.20 Å². The number of hydrogen-bond acceptors (Lipinski definition) is 3. The molecule has 0 aliphatic heterocycles. The molecule has 2 N–H and O–H groups in total. The third-order valence-corrected chi connectivity index (χ3v) is 4.60. The first-order valence-electron chi connectivity index (χ1n) is 8.62. The van der Waals surface area contributed by atoms with Gasteiger partial charge in [-0.05, 0) is 31.1 Å². The molecule has 1 aliphatic carbocycles. The van der Waals surface area contributed by atoms with Crippen LogP contribution in [0.4, 0.5) is 0 Å². The summed E-state index contributed by atoms with van der Waals surface area (Å²) in [5, 5.41) is 6.82. The molecule has 0 spiro atoms. The molecule has 0 atom stereocenters. The molecule has 1 saturated carbocycles. The van der Waals surface area contributed by atoms with Crippen molar-refractivity contribution in [2.24, 2.45) is 10.4 Å². The summed E-state index contributed by atoms with van der Waals surface area (Å²) in [6.07, 6.45) is 6.73. The van der Waals surface area contributed by atoms with Gasteiger partial charge in [-0.15, -0.1) is 0 Å². The fourth-order valence-corrected chi connectivity index (χ4v) is 2.83. The SMILES string of the molecule is CN=C(NCc1ncc(C(C)(C)C)o1)NC1CCC(C)(C)CC1. The van der Waals surface area contributed by atoms with Gasteiger partial charge in [0.1, 0.15) is 5.76 Å². The number of guanidine groups is 1. The molecule has 1 fully saturated rings. The first-order valence-corrected chi connectivity index (χ1v) is 8.62. The van der Waals surface area contributed by atoms with Crippen LogP contribution in [0, 0.1) is 5.41 Å². The smallest absolute Gasteiger partial charge is 0.213 e. The molecule has 5 heteroatoms. The van der Waals surface area contributed by atoms with Crippen LogP contribution in [-0.2, 0) is 12.0 Å². The predicted molar refractivity (Wildman–Crippen MR) is 94.6 cm³/mol. The molecule has 5 nitrogen and oxygen atoms in total. The fourth-order valence-electron chi connectivity index (χ4n) is 2.83. The lowest BCUT2D eigenvalue weighted by Crippen LogP contribution is -2.45. The van der Waals surface area contributed by atoms with Gasteiger partial charge in [-0.1, -0.05) is 34.6 Å². The lowest BCUT2D eigenvalue weighted by Gasteiger charge is -2.35. The van der Waals surface area contributed by atoms with E-state index in [-0.39, 0.29) is 5.41 Å². The molecule has 23 heavy (non-hydrogen) atoms. The highest BCUT2D eigenvalue weighted by Crippen LogP contribution is 2.34. The Hall–Kier alpha value is -1.52. The van der Waals surface area contributed by atoms with Crippen LogP contribution in [0.3, 0.4) is 0 Å². The number of aliphatic imine (C=N–C) groups is 1. The van der Waals surface area contributed by atoms with Crippen LogP contribution in [0.2, 0.25) is 0 Å². The Morgan fingerprint density at radius 3 is 2.52 bits per heavy atom. The molecule has 1 heterocycles. The predicted octanol–water partition coefficient (Wildman–Crippen LogP) is 3.61. The Morgan fingerprint density at radius 1 is 1.35 bits per heavy atom. The standard InChI is InChI=1S/C18H32N4O/c1-17(2,3)14-11-20-15(23-14)12-21-16(19-6)22-13-7-9-18(4,5)10-8-13/h11,13H,7-10,12H2,1-6H3,(H2,19,21,22). The minimum absolute atomic E-state index is 0.0138. The normalized spacial score (nSPS) is 19.7. The topological polar surface area (TPSA) is 62.5 Å². The van der Waals surface area contributed by atoms with Crippen molar-refractivity contribution in [2.45, 2.75) is 78.3 Å². The number of hydrogen-bond donors (Lipinski definition) is 2. The average molecular weight is 320 g/mol. The lowest BCUT2D eigenvalue weighted by molar-refractivity contribution is 0.216. The number of nitrogens with zero attached hydrogens (tertiary/aromatic N) is 2. The summed E-state index contributed by atoms with van der Waals surface area (Å²) < 4.78 is 5.80. The Bertz CT molecular complexity index is 529. The van der Waals surface area contributed by atoms with Crippen molar-refractivity contribution in [1.29, 1.82) is 0 Å². The molecule has 0 aromatic carbocycles. The molecular weight excluding hydrogens is 288 g/mol. The van der Waals surface area contributed by atoms with Crippen LogP contribution < -0.4 is 10.6 Å². The maximum absolute atomic E-state index is 5.80. The second-order valence-electron chi connectivity index (χ2n) is 8.38. The highest BCUT2D eigenvalue weighted by atomic mass is 16.4. The van der Waals surface area contributed by atoms with Crippen molar-refractivity contribution in [3.05, 3.63) is 17.8 Å². The van der Waals surface area contributed by atoms with Crippen LogP contribution in [0.5, 0.6) is 0 Å². The Kier molecular flexibility index (Phi) is 5.37. The van der Waals surface area contributed by atoms with E-state index in [2.05, 4.69) is 55.2 Å². The number of oxazole rings is 1. The molecule has 0 unspecified atom stereocenters. The van der Waals surface area contributed by atoms with Crippen LogP contribution in [0.25, 0.3) is 0 Å². The molecule has 0 amide bonds. The first-order chi connectivity index (χ1) is 10.7. The van der Waals surface area contributed by atoms with Crippen molar-refractivity contribution in [3.63, 3.8) is 0 Å². The molecule has 2 rings (SSSR count). The van der Waals surface area contributed by atoms with E-state index >= 15 is 0 Å². The van der Waals surface area contributed by atoms with E-state index in [4.69, 9.17) is 4.42 Å². The number of rotatable bonds is 3. The maximum atomic E-state index is 5.80. The second kappa shape index (κ2) is 6.93. The molecule has 0 radical (unpaired) electrons. The number of aromatic nitrogens is 1. The summed E-state index contributed by atoms with van der Waals surface area (Å²) in [4.78, 5) is 8.66. The minimum atomic E-state index is -0.0138. The van der Waals surface area contributed by atoms with Gasteiger partial charge < -0.3 is 15.1 Å². The van der Waals surface area contributed by atoms with Gasteiger partial charge in [0, 0.05) is 18.5 Å². The Labute approximate surface area is 140 Å². The van der Waals surface area contributed by atoms with Gasteiger partial charge in [0.2, 0.25) is 5.89 Å². The molecule has 0 bridgehead atoms. The zero-order valence-electron chi connectivity index (χ0n) is 15.5. The summed E-state index contributed by atoms with van der Waals surface area (Å²) in [6, 6.07) is 0.504. The average Bonchev–Trinajstić information content (AvgIpc) is 2.94. The van der Waals surface area contributed by atoms with E-state index in [1.54, 1.807) is 7.05 Å². The van der Waals surface area contributed by atoms with E-state index in [0.717, 1.165) is 11.7 Å². The third-order valence-electron chi connectivity index (χ3n) is 4.60. The summed E-state index contributed by atoms with van der Waals surface area (Å²) in [5.41, 5.74) is 0.469. The van der Waals surface area contributed by atoms with Gasteiger partial charge in [-0.2, -0.15) is 0 Å². The van der Waals surface area contributed by atoms with Crippen molar-refractivity contribution >= 4 is 5.96 Å². The van der Waals surface area contributed by atoms with Gasteiger partial charge in [0.25, 0.3) is 0 Å². The Morgan fingerprint density at radius 2 is 2.00 bits per heavy atom. The summed E-state index contributed by atoms with van der Waals surface area (Å²) in [6.45, 7) is 11.6. The highest BCUT2D eigenvalue weighted by molar-refractivity contribution is 5.79. The molecule has 1 aromatic heterocycles. The zero-order chi connectivity index (χ0) is 17.1. The highest BCUT2D eigenvalue weighted by Gasteiger charge is 2.27. The van der Waals surface area contributed by atoms with Gasteiger partial charge in [0.15, 0.2) is 5.96 Å². The quantitative estimate of drug-likeness (QED) is 0.660. The van der Waals surface area contributed by atoms with Crippen molar-refractivity contribution in [3.8, 4) is 0 Å². The van der Waals surface area contributed by atoms with Crippen molar-refractivity contribution < 1.29 is 4.42 Å². The molecule has 130 valence electrons. The zero-order valence-corrected chi connectivity index (χ0v) is 15.5. The molecule has 0 saturated heterocycles. The van der Waals surface area contributed by atoms with E-state index < -0.39 is 0 Å². The van der Waals surface area contributed by atoms with E-state index in [1.165, 1.54) is 25.7 Å². The summed E-state index contributed by atoms with van der Waals surface area (Å²) >= 11 is 0. The monoisotopic (exact) mass is 320 g/mol. The van der Waals surface area contributed by atoms with Gasteiger partial charge in [-0.3, -0.25) is 4.99 Å². The minimum Gasteiger partial charge on any atom is -0.443 e. The van der Waals surface area contributed by atoms with Crippen LogP contribution in [0.15, 0.2) is 15.6 Å². The summed E-state index contributed by atoms with van der Waals surface area (Å²) in [5.74, 6) is 2.43. The maximum Gasteiger partial charge on any atom is 0.213 e. The van der Waals surface area contributed by atoms with Gasteiger partial charge in [0.05, 0.1) is 12.7 Å². The molecule has 1 aromatic rings. The fraction of sp³-hybridized carbons (Fsp3) is 0.778.